The van der Waals surface area contributed by atoms with Gasteiger partial charge in [0.1, 0.15) is 0 Å². The molecule has 3 nitrogen and oxygen atoms in total. The summed E-state index contributed by atoms with van der Waals surface area (Å²) in [7, 11) is 0. The van der Waals surface area contributed by atoms with Crippen molar-refractivity contribution in [2.24, 2.45) is 0 Å². The quantitative estimate of drug-likeness (QED) is 0.483. The van der Waals surface area contributed by atoms with Gasteiger partial charge in [0.05, 0.1) is 13.2 Å². The highest BCUT2D eigenvalue weighted by Crippen LogP contribution is 2.08. The SMILES string of the molecule is Cl.OC[C@@H]1C[C@@H](CO)N1. The van der Waals surface area contributed by atoms with E-state index in [1.54, 1.807) is 0 Å². The number of rotatable bonds is 2. The summed E-state index contributed by atoms with van der Waals surface area (Å²) in [6.07, 6.45) is 0.910. The average Bonchev–Trinajstić information content (AvgIpc) is 1.65. The molecule has 0 bridgehead atoms. The van der Waals surface area contributed by atoms with Gasteiger partial charge in [0.2, 0.25) is 0 Å². The lowest BCUT2D eigenvalue weighted by atomic mass is 9.99. The summed E-state index contributed by atoms with van der Waals surface area (Å²) in [6.45, 7) is 0.382. The van der Waals surface area contributed by atoms with Crippen molar-refractivity contribution < 1.29 is 10.2 Å². The van der Waals surface area contributed by atoms with Crippen LogP contribution >= 0.6 is 12.4 Å². The first-order valence-corrected chi connectivity index (χ1v) is 2.84. The molecule has 4 heteroatoms. The summed E-state index contributed by atoms with van der Waals surface area (Å²) in [5.41, 5.74) is 0. The first-order valence-electron chi connectivity index (χ1n) is 2.84. The predicted molar refractivity (Wildman–Crippen MR) is 36.7 cm³/mol. The molecule has 0 aromatic carbocycles. The first kappa shape index (κ1) is 9.17. The van der Waals surface area contributed by atoms with Crippen molar-refractivity contribution in [2.75, 3.05) is 13.2 Å². The molecule has 0 unspecified atom stereocenters. The van der Waals surface area contributed by atoms with Crippen LogP contribution in [0.25, 0.3) is 0 Å². The summed E-state index contributed by atoms with van der Waals surface area (Å²) < 4.78 is 0. The molecule has 2 atom stereocenters. The first-order chi connectivity index (χ1) is 3.86. The van der Waals surface area contributed by atoms with Gasteiger partial charge in [-0.1, -0.05) is 0 Å². The second-order valence-electron chi connectivity index (χ2n) is 2.16. The zero-order valence-corrected chi connectivity index (χ0v) is 5.90. The van der Waals surface area contributed by atoms with E-state index in [0.717, 1.165) is 6.42 Å². The van der Waals surface area contributed by atoms with Gasteiger partial charge in [-0.3, -0.25) is 0 Å². The van der Waals surface area contributed by atoms with E-state index in [2.05, 4.69) is 5.32 Å². The molecule has 0 radical (unpaired) electrons. The van der Waals surface area contributed by atoms with E-state index in [-0.39, 0.29) is 37.7 Å². The Bertz CT molecular complexity index is 67.4. The van der Waals surface area contributed by atoms with Crippen LogP contribution in [-0.4, -0.2) is 35.5 Å². The molecule has 0 amide bonds. The average molecular weight is 154 g/mol. The second kappa shape index (κ2) is 4.06. The second-order valence-corrected chi connectivity index (χ2v) is 2.16. The molecule has 1 rings (SSSR count). The van der Waals surface area contributed by atoms with Gasteiger partial charge < -0.3 is 15.5 Å². The third-order valence-corrected chi connectivity index (χ3v) is 1.48. The third-order valence-electron chi connectivity index (χ3n) is 1.48. The van der Waals surface area contributed by atoms with Gasteiger partial charge >= 0.3 is 0 Å². The molecule has 0 aromatic heterocycles. The zero-order valence-electron chi connectivity index (χ0n) is 5.08. The standard InChI is InChI=1S/C5H11NO2.ClH/c7-2-4-1-5(3-8)6-4;/h4-8H,1-3H2;1H/t4-,5-;/m0./s1. The fourth-order valence-electron chi connectivity index (χ4n) is 0.907. The molecule has 1 aliphatic heterocycles. The van der Waals surface area contributed by atoms with Gasteiger partial charge in [-0.2, -0.15) is 0 Å². The van der Waals surface area contributed by atoms with Gasteiger partial charge in [-0.15, -0.1) is 12.4 Å². The molecule has 1 aliphatic rings. The lowest BCUT2D eigenvalue weighted by Crippen LogP contribution is -2.55. The molecule has 1 heterocycles. The monoisotopic (exact) mass is 153 g/mol. The van der Waals surface area contributed by atoms with Crippen molar-refractivity contribution in [1.82, 2.24) is 5.32 Å². The lowest BCUT2D eigenvalue weighted by molar-refractivity contribution is 0.114. The maximum absolute atomic E-state index is 8.46. The Labute approximate surface area is 60.5 Å². The van der Waals surface area contributed by atoms with E-state index < -0.39 is 0 Å². The van der Waals surface area contributed by atoms with Crippen LogP contribution in [0.4, 0.5) is 0 Å². The van der Waals surface area contributed by atoms with Crippen LogP contribution in [0.3, 0.4) is 0 Å². The number of aliphatic hydroxyl groups is 2. The van der Waals surface area contributed by atoms with Crippen LogP contribution in [-0.2, 0) is 0 Å². The number of hydrogen-bond donors (Lipinski definition) is 3. The molecule has 1 saturated heterocycles. The summed E-state index contributed by atoms with van der Waals surface area (Å²) >= 11 is 0. The van der Waals surface area contributed by atoms with Crippen LogP contribution in [0, 0.1) is 0 Å². The van der Waals surface area contributed by atoms with Crippen LogP contribution in [0.2, 0.25) is 0 Å². The summed E-state index contributed by atoms with van der Waals surface area (Å²) in [5.74, 6) is 0. The van der Waals surface area contributed by atoms with Gasteiger partial charge in [0.15, 0.2) is 0 Å². The summed E-state index contributed by atoms with van der Waals surface area (Å²) in [4.78, 5) is 0. The molecule has 0 spiro atoms. The van der Waals surface area contributed by atoms with Crippen LogP contribution < -0.4 is 5.32 Å². The zero-order chi connectivity index (χ0) is 5.98. The molecular weight excluding hydrogens is 142 g/mol. The van der Waals surface area contributed by atoms with E-state index in [4.69, 9.17) is 10.2 Å². The van der Waals surface area contributed by atoms with Crippen molar-refractivity contribution in [1.29, 1.82) is 0 Å². The minimum Gasteiger partial charge on any atom is -0.395 e. The summed E-state index contributed by atoms with van der Waals surface area (Å²) in [5, 5.41) is 19.9. The maximum atomic E-state index is 8.46. The lowest BCUT2D eigenvalue weighted by Gasteiger charge is -2.34. The Morgan fingerprint density at radius 2 is 1.56 bits per heavy atom. The van der Waals surface area contributed by atoms with Crippen LogP contribution in [0.15, 0.2) is 0 Å². The van der Waals surface area contributed by atoms with Gasteiger partial charge in [0, 0.05) is 12.1 Å². The number of aliphatic hydroxyl groups excluding tert-OH is 2. The molecule has 0 aromatic rings. The minimum atomic E-state index is 0. The van der Waals surface area contributed by atoms with Crippen molar-refractivity contribution in [3.05, 3.63) is 0 Å². The van der Waals surface area contributed by atoms with Crippen molar-refractivity contribution in [3.8, 4) is 0 Å². The number of hydrogen-bond acceptors (Lipinski definition) is 3. The molecule has 0 saturated carbocycles. The number of nitrogens with one attached hydrogen (secondary N) is 1. The Morgan fingerprint density at radius 1 is 1.22 bits per heavy atom. The summed E-state index contributed by atoms with van der Waals surface area (Å²) in [6, 6.07) is 0.485. The van der Waals surface area contributed by atoms with E-state index >= 15 is 0 Å². The molecular formula is C5H12ClNO2. The van der Waals surface area contributed by atoms with E-state index in [0.29, 0.717) is 0 Å². The molecule has 0 aliphatic carbocycles. The number of halogens is 1. The molecule has 3 N–H and O–H groups in total. The van der Waals surface area contributed by atoms with E-state index in [9.17, 15) is 0 Å². The normalized spacial score (nSPS) is 32.7. The Morgan fingerprint density at radius 3 is 1.78 bits per heavy atom. The fraction of sp³-hybridized carbons (Fsp3) is 1.00. The Balaban J connectivity index is 0.000000640. The smallest absolute Gasteiger partial charge is 0.0585 e. The highest BCUT2D eigenvalue weighted by atomic mass is 35.5. The Kier molecular flexibility index (Phi) is 4.14. The van der Waals surface area contributed by atoms with E-state index in [1.807, 2.05) is 0 Å². The maximum Gasteiger partial charge on any atom is 0.0585 e. The van der Waals surface area contributed by atoms with E-state index in [1.165, 1.54) is 0 Å². The molecule has 1 fully saturated rings. The minimum absolute atomic E-state index is 0. The van der Waals surface area contributed by atoms with Crippen molar-refractivity contribution >= 4 is 12.4 Å². The van der Waals surface area contributed by atoms with Gasteiger partial charge in [0.25, 0.3) is 0 Å². The fourth-order valence-corrected chi connectivity index (χ4v) is 0.907. The van der Waals surface area contributed by atoms with Crippen molar-refractivity contribution in [3.63, 3.8) is 0 Å². The largest absolute Gasteiger partial charge is 0.395 e. The van der Waals surface area contributed by atoms with Gasteiger partial charge in [-0.05, 0) is 6.42 Å². The molecule has 9 heavy (non-hydrogen) atoms. The topological polar surface area (TPSA) is 52.5 Å². The van der Waals surface area contributed by atoms with Crippen LogP contribution in [0.1, 0.15) is 6.42 Å². The molecule has 56 valence electrons. The highest BCUT2D eigenvalue weighted by Gasteiger charge is 2.25. The van der Waals surface area contributed by atoms with Crippen molar-refractivity contribution in [2.45, 2.75) is 18.5 Å². The third kappa shape index (κ3) is 2.10. The Hall–Kier alpha value is 0.170. The predicted octanol–water partition coefficient (Wildman–Crippen LogP) is -0.877. The van der Waals surface area contributed by atoms with Crippen LogP contribution in [0.5, 0.6) is 0 Å². The highest BCUT2D eigenvalue weighted by molar-refractivity contribution is 5.85. The van der Waals surface area contributed by atoms with Gasteiger partial charge in [-0.25, -0.2) is 0 Å².